The number of rotatable bonds is 9. The SMILES string of the molecule is Cc1cc(N)cc2nc(-c3ccc(NC(=O)COC4CCN(S(=O)(=O)CCc5ccccc5)CC4)cc3)oc12. The fourth-order valence-electron chi connectivity index (χ4n) is 4.74. The molecule has 0 saturated carbocycles. The summed E-state index contributed by atoms with van der Waals surface area (Å²) >= 11 is 0. The van der Waals surface area contributed by atoms with Gasteiger partial charge < -0.3 is 20.2 Å². The van der Waals surface area contributed by atoms with Crippen LogP contribution in [0.25, 0.3) is 22.6 Å². The monoisotopic (exact) mass is 548 g/mol. The topological polar surface area (TPSA) is 128 Å². The molecule has 1 aliphatic rings. The van der Waals surface area contributed by atoms with Gasteiger partial charge >= 0.3 is 0 Å². The summed E-state index contributed by atoms with van der Waals surface area (Å²) in [5, 5.41) is 2.83. The first-order chi connectivity index (χ1) is 18.8. The third-order valence-corrected chi connectivity index (χ3v) is 8.72. The summed E-state index contributed by atoms with van der Waals surface area (Å²) in [4.78, 5) is 17.0. The number of carbonyl (C=O) groups is 1. The molecule has 0 radical (unpaired) electrons. The number of oxazole rings is 1. The molecule has 1 amide bonds. The van der Waals surface area contributed by atoms with Crippen molar-refractivity contribution in [2.24, 2.45) is 0 Å². The van der Waals surface area contributed by atoms with Gasteiger partial charge in [0.1, 0.15) is 12.1 Å². The molecule has 10 heteroatoms. The number of anilines is 2. The number of nitrogens with zero attached hydrogens (tertiary/aromatic N) is 2. The summed E-state index contributed by atoms with van der Waals surface area (Å²) in [7, 11) is -3.33. The Kier molecular flexibility index (Phi) is 7.97. The molecule has 0 unspecified atom stereocenters. The molecule has 3 aromatic carbocycles. The maximum absolute atomic E-state index is 12.7. The standard InChI is InChI=1S/C29H32N4O5S/c1-20-17-23(30)18-26-28(20)38-29(32-26)22-7-9-24(10-8-22)31-27(34)19-37-25-11-14-33(15-12-25)39(35,36)16-13-21-5-3-2-4-6-21/h2-10,17-18,25H,11-16,19,30H2,1H3,(H,31,34). The van der Waals surface area contributed by atoms with Gasteiger partial charge in [0, 0.05) is 30.0 Å². The van der Waals surface area contributed by atoms with E-state index in [4.69, 9.17) is 14.9 Å². The molecule has 1 fully saturated rings. The molecule has 39 heavy (non-hydrogen) atoms. The smallest absolute Gasteiger partial charge is 0.250 e. The number of aromatic nitrogens is 1. The first kappa shape index (κ1) is 26.9. The van der Waals surface area contributed by atoms with Gasteiger partial charge in [-0.15, -0.1) is 0 Å². The van der Waals surface area contributed by atoms with Crippen LogP contribution in [0.1, 0.15) is 24.0 Å². The molecular formula is C29H32N4O5S. The molecule has 1 saturated heterocycles. The van der Waals surface area contributed by atoms with Gasteiger partial charge in [0.15, 0.2) is 5.58 Å². The molecule has 5 rings (SSSR count). The maximum atomic E-state index is 12.7. The minimum atomic E-state index is -3.33. The lowest BCUT2D eigenvalue weighted by atomic mass is 10.1. The Morgan fingerprint density at radius 1 is 1.10 bits per heavy atom. The molecule has 204 valence electrons. The second-order valence-corrected chi connectivity index (χ2v) is 11.9. The van der Waals surface area contributed by atoms with Crippen LogP contribution in [0.2, 0.25) is 0 Å². The third-order valence-electron chi connectivity index (χ3n) is 6.85. The summed E-state index contributed by atoms with van der Waals surface area (Å²) in [5.41, 5.74) is 11.3. The van der Waals surface area contributed by atoms with Crippen molar-refractivity contribution in [2.45, 2.75) is 32.3 Å². The van der Waals surface area contributed by atoms with E-state index < -0.39 is 10.0 Å². The van der Waals surface area contributed by atoms with Gasteiger partial charge in [-0.25, -0.2) is 17.7 Å². The van der Waals surface area contributed by atoms with Crippen LogP contribution in [-0.4, -0.2) is 55.2 Å². The third kappa shape index (κ3) is 6.65. The molecule has 1 aromatic heterocycles. The highest BCUT2D eigenvalue weighted by molar-refractivity contribution is 7.89. The molecule has 0 aliphatic carbocycles. The van der Waals surface area contributed by atoms with Gasteiger partial charge in [-0.05, 0) is 73.7 Å². The summed E-state index contributed by atoms with van der Waals surface area (Å²) in [5.74, 6) is 0.298. The Labute approximate surface area is 228 Å². The highest BCUT2D eigenvalue weighted by Gasteiger charge is 2.28. The molecule has 2 heterocycles. The van der Waals surface area contributed by atoms with E-state index in [2.05, 4.69) is 10.3 Å². The number of sulfonamides is 1. The van der Waals surface area contributed by atoms with Crippen molar-refractivity contribution < 1.29 is 22.4 Å². The fourth-order valence-corrected chi connectivity index (χ4v) is 6.25. The minimum absolute atomic E-state index is 0.0877. The van der Waals surface area contributed by atoms with Crippen LogP contribution in [0.15, 0.2) is 71.1 Å². The van der Waals surface area contributed by atoms with Crippen molar-refractivity contribution in [3.63, 3.8) is 0 Å². The van der Waals surface area contributed by atoms with E-state index in [9.17, 15) is 13.2 Å². The van der Waals surface area contributed by atoms with Gasteiger partial charge in [-0.2, -0.15) is 0 Å². The van der Waals surface area contributed by atoms with Crippen molar-refractivity contribution in [2.75, 3.05) is 36.5 Å². The maximum Gasteiger partial charge on any atom is 0.250 e. The van der Waals surface area contributed by atoms with Crippen LogP contribution in [0.5, 0.6) is 0 Å². The predicted octanol–water partition coefficient (Wildman–Crippen LogP) is 4.38. The van der Waals surface area contributed by atoms with Crippen LogP contribution < -0.4 is 11.1 Å². The van der Waals surface area contributed by atoms with Gasteiger partial charge in [0.2, 0.25) is 21.8 Å². The average Bonchev–Trinajstić information content (AvgIpc) is 3.37. The number of nitrogen functional groups attached to an aromatic ring is 1. The summed E-state index contributed by atoms with van der Waals surface area (Å²) in [6, 6.07) is 20.4. The zero-order valence-corrected chi connectivity index (χ0v) is 22.6. The van der Waals surface area contributed by atoms with Gasteiger partial charge in [0.05, 0.1) is 11.9 Å². The fraction of sp³-hybridized carbons (Fsp3) is 0.310. The predicted molar refractivity (Wildman–Crippen MR) is 152 cm³/mol. The van der Waals surface area contributed by atoms with E-state index in [0.717, 1.165) is 16.7 Å². The van der Waals surface area contributed by atoms with E-state index in [-0.39, 0.29) is 24.4 Å². The lowest BCUT2D eigenvalue weighted by Gasteiger charge is -2.31. The lowest BCUT2D eigenvalue weighted by molar-refractivity contribution is -0.123. The van der Waals surface area contributed by atoms with Crippen molar-refractivity contribution in [3.05, 3.63) is 77.9 Å². The zero-order chi connectivity index (χ0) is 27.4. The summed E-state index contributed by atoms with van der Waals surface area (Å²) in [6.45, 7) is 2.62. The van der Waals surface area contributed by atoms with Gasteiger partial charge in [-0.3, -0.25) is 4.79 Å². The van der Waals surface area contributed by atoms with Crippen LogP contribution in [-0.2, 0) is 26.0 Å². The Hall–Kier alpha value is -3.73. The summed E-state index contributed by atoms with van der Waals surface area (Å²) < 4.78 is 38.7. The largest absolute Gasteiger partial charge is 0.436 e. The highest BCUT2D eigenvalue weighted by Crippen LogP contribution is 2.29. The average molecular weight is 549 g/mol. The number of amides is 1. The van der Waals surface area contributed by atoms with E-state index in [0.29, 0.717) is 60.7 Å². The lowest BCUT2D eigenvalue weighted by Crippen LogP contribution is -2.42. The van der Waals surface area contributed by atoms with Crippen LogP contribution in [0, 0.1) is 6.92 Å². The van der Waals surface area contributed by atoms with Gasteiger partial charge in [0.25, 0.3) is 0 Å². The normalized spacial score (nSPS) is 15.0. The van der Waals surface area contributed by atoms with Crippen molar-refractivity contribution in [1.82, 2.24) is 9.29 Å². The Balaban J connectivity index is 1.07. The Bertz CT molecular complexity index is 1540. The molecule has 0 spiro atoms. The molecule has 0 atom stereocenters. The first-order valence-corrected chi connectivity index (χ1v) is 14.6. The van der Waals surface area contributed by atoms with E-state index in [1.807, 2.05) is 55.5 Å². The molecule has 3 N–H and O–H groups in total. The molecule has 4 aromatic rings. The number of carbonyl (C=O) groups excluding carboxylic acids is 1. The highest BCUT2D eigenvalue weighted by atomic mass is 32.2. The number of hydrogen-bond acceptors (Lipinski definition) is 7. The Morgan fingerprint density at radius 3 is 2.54 bits per heavy atom. The second-order valence-electron chi connectivity index (χ2n) is 9.79. The van der Waals surface area contributed by atoms with Crippen molar-refractivity contribution >= 4 is 38.4 Å². The molecule has 0 bridgehead atoms. The van der Waals surface area contributed by atoms with Gasteiger partial charge in [-0.1, -0.05) is 30.3 Å². The number of ether oxygens (including phenoxy) is 1. The van der Waals surface area contributed by atoms with E-state index in [1.165, 1.54) is 4.31 Å². The number of nitrogens with one attached hydrogen (secondary N) is 1. The minimum Gasteiger partial charge on any atom is -0.436 e. The van der Waals surface area contributed by atoms with E-state index in [1.54, 1.807) is 18.2 Å². The summed E-state index contributed by atoms with van der Waals surface area (Å²) in [6.07, 6.45) is 1.45. The number of fused-ring (bicyclic) bond motifs is 1. The molecule has 1 aliphatic heterocycles. The quantitative estimate of drug-likeness (QED) is 0.297. The van der Waals surface area contributed by atoms with Crippen molar-refractivity contribution in [3.8, 4) is 11.5 Å². The number of aryl methyl sites for hydroxylation is 2. The van der Waals surface area contributed by atoms with Crippen LogP contribution >= 0.6 is 0 Å². The molecular weight excluding hydrogens is 516 g/mol. The Morgan fingerprint density at radius 2 is 1.82 bits per heavy atom. The number of piperidine rings is 1. The number of hydrogen-bond donors (Lipinski definition) is 2. The second kappa shape index (κ2) is 11.6. The van der Waals surface area contributed by atoms with Crippen molar-refractivity contribution in [1.29, 1.82) is 0 Å². The van der Waals surface area contributed by atoms with Crippen LogP contribution in [0.3, 0.4) is 0 Å². The zero-order valence-electron chi connectivity index (χ0n) is 21.8. The molecule has 9 nitrogen and oxygen atoms in total. The van der Waals surface area contributed by atoms with Crippen LogP contribution in [0.4, 0.5) is 11.4 Å². The van der Waals surface area contributed by atoms with E-state index >= 15 is 0 Å². The number of benzene rings is 3. The first-order valence-electron chi connectivity index (χ1n) is 13.0. The number of nitrogens with two attached hydrogens (primary N) is 1.